The number of halogens is 1. The molecule has 5 N–H and O–H groups in total. The Morgan fingerprint density at radius 1 is 1.08 bits per heavy atom. The Kier molecular flexibility index (Phi) is 6.69. The monoisotopic (exact) mass is 490 g/mol. The lowest BCUT2D eigenvalue weighted by Crippen LogP contribution is -2.34. The van der Waals surface area contributed by atoms with Gasteiger partial charge in [-0.25, -0.2) is 9.18 Å². The summed E-state index contributed by atoms with van der Waals surface area (Å²) in [6, 6.07) is 8.82. The number of hydrogen-bond donors (Lipinski definition) is 5. The SMILES string of the molecule is Cc1[nH]c(/C=C2\C(=O)Nc3cc(NC(=O)NC(=O)c4ccc(F)cc4)ccc32)c(C)c1CCC(=O)O. The maximum Gasteiger partial charge on any atom is 0.326 e. The van der Waals surface area contributed by atoms with Crippen LogP contribution in [0.15, 0.2) is 42.5 Å². The van der Waals surface area contributed by atoms with Gasteiger partial charge in [0, 0.05) is 34.6 Å². The van der Waals surface area contributed by atoms with Gasteiger partial charge in [0.1, 0.15) is 5.82 Å². The molecule has 0 bridgehead atoms. The Hall–Kier alpha value is -4.73. The molecule has 0 atom stereocenters. The maximum absolute atomic E-state index is 13.0. The highest BCUT2D eigenvalue weighted by Crippen LogP contribution is 2.36. The number of aromatic nitrogens is 1. The van der Waals surface area contributed by atoms with Crippen LogP contribution >= 0.6 is 0 Å². The minimum atomic E-state index is -0.878. The second-order valence-corrected chi connectivity index (χ2v) is 8.35. The lowest BCUT2D eigenvalue weighted by atomic mass is 10.0. The van der Waals surface area contributed by atoms with Crippen LogP contribution in [0.25, 0.3) is 11.6 Å². The number of carboxylic acid groups (broad SMARTS) is 1. The number of carbonyl (C=O) groups is 4. The zero-order chi connectivity index (χ0) is 26.0. The number of anilines is 2. The minimum Gasteiger partial charge on any atom is -0.481 e. The molecular formula is C26H23FN4O5. The maximum atomic E-state index is 13.0. The van der Waals surface area contributed by atoms with E-state index >= 15 is 0 Å². The highest BCUT2D eigenvalue weighted by atomic mass is 19.1. The van der Waals surface area contributed by atoms with Gasteiger partial charge in [-0.3, -0.25) is 19.7 Å². The van der Waals surface area contributed by atoms with Crippen molar-refractivity contribution in [3.8, 4) is 0 Å². The molecule has 2 aromatic carbocycles. The lowest BCUT2D eigenvalue weighted by molar-refractivity contribution is -0.137. The molecule has 184 valence electrons. The summed E-state index contributed by atoms with van der Waals surface area (Å²) in [4.78, 5) is 51.2. The molecule has 3 aromatic rings. The summed E-state index contributed by atoms with van der Waals surface area (Å²) in [5.41, 5.74) is 5.36. The largest absolute Gasteiger partial charge is 0.481 e. The summed E-state index contributed by atoms with van der Waals surface area (Å²) in [5.74, 6) is -2.38. The number of carboxylic acids is 1. The predicted molar refractivity (Wildman–Crippen MR) is 132 cm³/mol. The third-order valence-electron chi connectivity index (χ3n) is 5.90. The first-order chi connectivity index (χ1) is 17.1. The number of imide groups is 1. The van der Waals surface area contributed by atoms with Gasteiger partial charge in [-0.1, -0.05) is 6.07 Å². The Balaban J connectivity index is 1.49. The van der Waals surface area contributed by atoms with E-state index in [-0.39, 0.29) is 17.9 Å². The van der Waals surface area contributed by atoms with E-state index in [1.54, 1.807) is 24.3 Å². The topological polar surface area (TPSA) is 140 Å². The fourth-order valence-corrected chi connectivity index (χ4v) is 4.07. The van der Waals surface area contributed by atoms with Crippen molar-refractivity contribution < 1.29 is 28.7 Å². The number of aryl methyl sites for hydroxylation is 1. The first-order valence-electron chi connectivity index (χ1n) is 11.1. The van der Waals surface area contributed by atoms with E-state index in [1.807, 2.05) is 13.8 Å². The second kappa shape index (κ2) is 9.87. The number of aliphatic carboxylic acids is 1. The van der Waals surface area contributed by atoms with E-state index in [0.717, 1.165) is 29.0 Å². The average Bonchev–Trinajstić information content (AvgIpc) is 3.26. The van der Waals surface area contributed by atoms with Gasteiger partial charge >= 0.3 is 12.0 Å². The van der Waals surface area contributed by atoms with Crippen molar-refractivity contribution >= 4 is 46.8 Å². The fraction of sp³-hybridized carbons (Fsp3) is 0.154. The van der Waals surface area contributed by atoms with Gasteiger partial charge in [0.2, 0.25) is 0 Å². The summed E-state index contributed by atoms with van der Waals surface area (Å²) < 4.78 is 13.0. The van der Waals surface area contributed by atoms with Crippen molar-refractivity contribution in [3.63, 3.8) is 0 Å². The van der Waals surface area contributed by atoms with Gasteiger partial charge in [-0.2, -0.15) is 0 Å². The molecule has 0 fully saturated rings. The van der Waals surface area contributed by atoms with Gasteiger partial charge in [0.05, 0.1) is 11.3 Å². The molecule has 1 aliphatic heterocycles. The van der Waals surface area contributed by atoms with Crippen molar-refractivity contribution in [1.29, 1.82) is 0 Å². The quantitative estimate of drug-likeness (QED) is 0.329. The summed E-state index contributed by atoms with van der Waals surface area (Å²) in [6.45, 7) is 3.73. The highest BCUT2D eigenvalue weighted by Gasteiger charge is 2.25. The summed E-state index contributed by atoms with van der Waals surface area (Å²) in [7, 11) is 0. The first kappa shape index (κ1) is 24.4. The first-order valence-corrected chi connectivity index (χ1v) is 11.1. The third kappa shape index (κ3) is 5.17. The van der Waals surface area contributed by atoms with Crippen LogP contribution in [-0.2, 0) is 16.0 Å². The molecule has 0 radical (unpaired) electrons. The van der Waals surface area contributed by atoms with Crippen LogP contribution in [-0.4, -0.2) is 33.9 Å². The molecule has 0 saturated carbocycles. The second-order valence-electron chi connectivity index (χ2n) is 8.35. The van der Waals surface area contributed by atoms with Crippen LogP contribution in [0.5, 0.6) is 0 Å². The van der Waals surface area contributed by atoms with E-state index in [4.69, 9.17) is 5.11 Å². The van der Waals surface area contributed by atoms with Crippen molar-refractivity contribution in [3.05, 3.63) is 81.9 Å². The molecular weight excluding hydrogens is 467 g/mol. The number of nitrogens with one attached hydrogen (secondary N) is 4. The molecule has 9 nitrogen and oxygen atoms in total. The number of rotatable bonds is 6. The van der Waals surface area contributed by atoms with Crippen molar-refractivity contribution in [2.45, 2.75) is 26.7 Å². The van der Waals surface area contributed by atoms with Gasteiger partial charge in [-0.05, 0) is 73.9 Å². The molecule has 0 unspecified atom stereocenters. The lowest BCUT2D eigenvalue weighted by Gasteiger charge is -2.08. The number of carbonyl (C=O) groups excluding carboxylic acids is 3. The van der Waals surface area contributed by atoms with E-state index < -0.39 is 23.7 Å². The molecule has 4 amide bonds. The van der Waals surface area contributed by atoms with E-state index in [9.17, 15) is 23.6 Å². The van der Waals surface area contributed by atoms with E-state index in [1.165, 1.54) is 12.1 Å². The fourth-order valence-electron chi connectivity index (χ4n) is 4.07. The number of H-pyrrole nitrogens is 1. The Bertz CT molecular complexity index is 1420. The molecule has 0 aliphatic carbocycles. The smallest absolute Gasteiger partial charge is 0.326 e. The van der Waals surface area contributed by atoms with E-state index in [2.05, 4.69) is 20.9 Å². The number of benzene rings is 2. The van der Waals surface area contributed by atoms with Gasteiger partial charge < -0.3 is 20.7 Å². The average molecular weight is 490 g/mol. The van der Waals surface area contributed by atoms with Crippen LogP contribution in [0.2, 0.25) is 0 Å². The molecule has 1 aliphatic rings. The van der Waals surface area contributed by atoms with Crippen molar-refractivity contribution in [2.75, 3.05) is 10.6 Å². The standard InChI is InChI=1S/C26H23FN4O5/c1-13-18(9-10-23(32)33)14(2)28-21(13)12-20-19-8-7-17(11-22(19)30-25(20)35)29-26(36)31-24(34)15-3-5-16(27)6-4-15/h3-8,11-12,28H,9-10H2,1-2H3,(H,30,35)(H,32,33)(H2,29,31,34,36)/b20-12-. The zero-order valence-electron chi connectivity index (χ0n) is 19.5. The summed E-state index contributed by atoms with van der Waals surface area (Å²) in [6.07, 6.45) is 2.11. The molecule has 2 heterocycles. The molecule has 1 aromatic heterocycles. The molecule has 10 heteroatoms. The zero-order valence-corrected chi connectivity index (χ0v) is 19.5. The summed E-state index contributed by atoms with van der Waals surface area (Å²) in [5, 5.41) is 16.4. The van der Waals surface area contributed by atoms with E-state index in [0.29, 0.717) is 34.6 Å². The molecule has 0 saturated heterocycles. The number of aromatic amines is 1. The van der Waals surface area contributed by atoms with Crippen molar-refractivity contribution in [1.82, 2.24) is 10.3 Å². The molecule has 36 heavy (non-hydrogen) atoms. The van der Waals surface area contributed by atoms with Gasteiger partial charge in [0.25, 0.3) is 11.8 Å². The number of hydrogen-bond acceptors (Lipinski definition) is 4. The predicted octanol–water partition coefficient (Wildman–Crippen LogP) is 4.24. The minimum absolute atomic E-state index is 0.0116. The van der Waals surface area contributed by atoms with Crippen LogP contribution in [0.1, 0.15) is 44.9 Å². The van der Waals surface area contributed by atoms with Gasteiger partial charge in [-0.15, -0.1) is 0 Å². The Labute approximate surface area is 205 Å². The molecule has 0 spiro atoms. The Morgan fingerprint density at radius 2 is 1.81 bits per heavy atom. The molecule has 4 rings (SSSR count). The summed E-state index contributed by atoms with van der Waals surface area (Å²) >= 11 is 0. The van der Waals surface area contributed by atoms with Crippen LogP contribution in [0.4, 0.5) is 20.6 Å². The highest BCUT2D eigenvalue weighted by molar-refractivity contribution is 6.35. The van der Waals surface area contributed by atoms with Crippen LogP contribution < -0.4 is 16.0 Å². The number of amides is 4. The Morgan fingerprint density at radius 3 is 2.50 bits per heavy atom. The normalized spacial score (nSPS) is 13.3. The van der Waals surface area contributed by atoms with Crippen LogP contribution in [0, 0.1) is 19.7 Å². The van der Waals surface area contributed by atoms with Gasteiger partial charge in [0.15, 0.2) is 0 Å². The number of urea groups is 1. The number of fused-ring (bicyclic) bond motifs is 1. The van der Waals surface area contributed by atoms with Crippen molar-refractivity contribution in [2.24, 2.45) is 0 Å². The van der Waals surface area contributed by atoms with Crippen LogP contribution in [0.3, 0.4) is 0 Å². The third-order valence-corrected chi connectivity index (χ3v) is 5.90.